The van der Waals surface area contributed by atoms with Crippen LogP contribution < -0.4 is 19.7 Å². The Labute approximate surface area is 154 Å². The van der Waals surface area contributed by atoms with Crippen molar-refractivity contribution in [2.45, 2.75) is 4.90 Å². The highest BCUT2D eigenvalue weighted by atomic mass is 35.5. The minimum Gasteiger partial charge on any atom is -0.486 e. The van der Waals surface area contributed by atoms with E-state index in [4.69, 9.17) is 26.3 Å². The van der Waals surface area contributed by atoms with E-state index in [1.165, 1.54) is 24.3 Å². The zero-order valence-electron chi connectivity index (χ0n) is 13.2. The Balaban J connectivity index is 1.72. The molecule has 0 saturated carbocycles. The number of benzene rings is 2. The average Bonchev–Trinajstić information content (AvgIpc) is 2.65. The number of fused-ring (bicyclic) bond motifs is 1. The van der Waals surface area contributed by atoms with E-state index in [9.17, 15) is 13.2 Å². The molecule has 2 aromatic carbocycles. The summed E-state index contributed by atoms with van der Waals surface area (Å²) in [7, 11) is -4.06. The molecule has 0 bridgehead atoms. The molecule has 2 aromatic rings. The fourth-order valence-electron chi connectivity index (χ4n) is 2.18. The van der Waals surface area contributed by atoms with Crippen molar-refractivity contribution in [3.63, 3.8) is 0 Å². The molecule has 0 radical (unpaired) electrons. The molecule has 8 nitrogen and oxygen atoms in total. The summed E-state index contributed by atoms with van der Waals surface area (Å²) in [6.45, 7) is 0.787. The summed E-state index contributed by atoms with van der Waals surface area (Å²) >= 11 is 5.83. The van der Waals surface area contributed by atoms with Crippen LogP contribution in [0.2, 0.25) is 5.02 Å². The molecule has 1 aliphatic rings. The molecule has 0 aromatic heterocycles. The van der Waals surface area contributed by atoms with Crippen molar-refractivity contribution in [3.05, 3.63) is 52.5 Å². The molecule has 0 unspecified atom stereocenters. The molecule has 0 fully saturated rings. The first-order chi connectivity index (χ1) is 12.4. The molecule has 0 saturated heterocycles. The normalized spacial score (nSPS) is 12.9. The van der Waals surface area contributed by atoms with Crippen LogP contribution >= 0.6 is 11.6 Å². The maximum Gasteiger partial charge on any atom is 0.266 e. The number of halogens is 1. The Kier molecular flexibility index (Phi) is 4.99. The summed E-state index contributed by atoms with van der Waals surface area (Å²) in [6, 6.07) is 9.95. The van der Waals surface area contributed by atoms with Crippen LogP contribution in [-0.4, -0.2) is 27.5 Å². The van der Waals surface area contributed by atoms with Gasteiger partial charge < -0.3 is 9.47 Å². The molecule has 1 aliphatic heterocycles. The van der Waals surface area contributed by atoms with Crippen molar-refractivity contribution in [3.8, 4) is 17.6 Å². The molecule has 0 spiro atoms. The maximum absolute atomic E-state index is 12.2. The first-order valence-corrected chi connectivity index (χ1v) is 9.18. The van der Waals surface area contributed by atoms with Crippen molar-refractivity contribution in [2.75, 3.05) is 13.2 Å². The third-order valence-corrected chi connectivity index (χ3v) is 5.03. The van der Waals surface area contributed by atoms with Crippen molar-refractivity contribution in [2.24, 2.45) is 0 Å². The molecule has 134 valence electrons. The zero-order chi connectivity index (χ0) is 18.7. The molecule has 10 heteroatoms. The van der Waals surface area contributed by atoms with Gasteiger partial charge in [0.1, 0.15) is 19.3 Å². The predicted molar refractivity (Wildman–Crippen MR) is 91.4 cm³/mol. The van der Waals surface area contributed by atoms with Gasteiger partial charge in [0, 0.05) is 5.56 Å². The van der Waals surface area contributed by atoms with E-state index in [2.05, 4.69) is 5.43 Å². The largest absolute Gasteiger partial charge is 0.486 e. The van der Waals surface area contributed by atoms with Gasteiger partial charge in [-0.25, -0.2) is 8.42 Å². The fourth-order valence-corrected chi connectivity index (χ4v) is 3.34. The van der Waals surface area contributed by atoms with Crippen LogP contribution in [0.15, 0.2) is 41.3 Å². The molecular formula is C16H12ClN3O5S. The van der Waals surface area contributed by atoms with Crippen LogP contribution in [-0.2, 0) is 10.0 Å². The van der Waals surface area contributed by atoms with E-state index in [1.807, 2.05) is 10.9 Å². The average molecular weight is 394 g/mol. The molecule has 0 aliphatic carbocycles. The van der Waals surface area contributed by atoms with Gasteiger partial charge in [-0.1, -0.05) is 11.6 Å². The lowest BCUT2D eigenvalue weighted by molar-refractivity contribution is 0.0944. The Hall–Kier alpha value is -2.80. The minimum atomic E-state index is -4.06. The Bertz CT molecular complexity index is 1020. The number of amides is 1. The molecule has 2 N–H and O–H groups in total. The number of nitriles is 1. The van der Waals surface area contributed by atoms with Gasteiger partial charge in [0.25, 0.3) is 15.9 Å². The quantitative estimate of drug-likeness (QED) is 0.762. The molecule has 1 heterocycles. The van der Waals surface area contributed by atoms with Gasteiger partial charge in [0.15, 0.2) is 11.5 Å². The second kappa shape index (κ2) is 7.21. The first kappa shape index (κ1) is 18.0. The minimum absolute atomic E-state index is 0.00598. The number of hydrogen-bond acceptors (Lipinski definition) is 6. The third kappa shape index (κ3) is 3.72. The van der Waals surface area contributed by atoms with E-state index in [-0.39, 0.29) is 21.0 Å². The fraction of sp³-hybridized carbons (Fsp3) is 0.125. The number of carbonyl (C=O) groups is 1. The highest BCUT2D eigenvalue weighted by Crippen LogP contribution is 2.30. The van der Waals surface area contributed by atoms with Gasteiger partial charge in [-0.05, 0) is 36.4 Å². The summed E-state index contributed by atoms with van der Waals surface area (Å²) in [5.74, 6) is 0.247. The van der Waals surface area contributed by atoms with Crippen LogP contribution in [0, 0.1) is 11.3 Å². The summed E-state index contributed by atoms with van der Waals surface area (Å²) in [5.41, 5.74) is 2.45. The van der Waals surface area contributed by atoms with E-state index >= 15 is 0 Å². The van der Waals surface area contributed by atoms with Crippen LogP contribution in [0.25, 0.3) is 0 Å². The summed E-state index contributed by atoms with van der Waals surface area (Å²) < 4.78 is 35.2. The standard InChI is InChI=1S/C16H12ClN3O5S/c17-13-8-12(3-1-11(13)9-18)26(22,23)20-19-16(21)10-2-4-14-15(7-10)25-6-5-24-14/h1-4,7-8,20H,5-6H2,(H,19,21). The van der Waals surface area contributed by atoms with E-state index < -0.39 is 15.9 Å². The lowest BCUT2D eigenvalue weighted by Gasteiger charge is -2.18. The summed E-state index contributed by atoms with van der Waals surface area (Å²) in [6.07, 6.45) is 0. The summed E-state index contributed by atoms with van der Waals surface area (Å²) in [4.78, 5) is 14.0. The number of sulfonamides is 1. The Morgan fingerprint density at radius 1 is 1.12 bits per heavy atom. The van der Waals surface area contributed by atoms with Crippen molar-refractivity contribution < 1.29 is 22.7 Å². The van der Waals surface area contributed by atoms with Crippen molar-refractivity contribution >= 4 is 27.5 Å². The van der Waals surface area contributed by atoms with Crippen LogP contribution in [0.3, 0.4) is 0 Å². The zero-order valence-corrected chi connectivity index (χ0v) is 14.7. The highest BCUT2D eigenvalue weighted by Gasteiger charge is 2.19. The van der Waals surface area contributed by atoms with Gasteiger partial charge in [0.05, 0.1) is 15.5 Å². The van der Waals surface area contributed by atoms with Crippen LogP contribution in [0.4, 0.5) is 0 Å². The Morgan fingerprint density at radius 3 is 2.54 bits per heavy atom. The number of rotatable bonds is 4. The molecular weight excluding hydrogens is 382 g/mol. The highest BCUT2D eigenvalue weighted by molar-refractivity contribution is 7.89. The van der Waals surface area contributed by atoms with Gasteiger partial charge in [-0.15, -0.1) is 4.83 Å². The van der Waals surface area contributed by atoms with Gasteiger partial charge in [-0.3, -0.25) is 10.2 Å². The molecule has 26 heavy (non-hydrogen) atoms. The molecule has 1 amide bonds. The van der Waals surface area contributed by atoms with Crippen LogP contribution in [0.5, 0.6) is 11.5 Å². The van der Waals surface area contributed by atoms with Crippen LogP contribution in [0.1, 0.15) is 15.9 Å². The number of nitrogens with zero attached hydrogens (tertiary/aromatic N) is 1. The second-order valence-electron chi connectivity index (χ2n) is 5.17. The van der Waals surface area contributed by atoms with Gasteiger partial charge in [0.2, 0.25) is 0 Å². The van der Waals surface area contributed by atoms with E-state index in [0.717, 1.165) is 6.07 Å². The smallest absolute Gasteiger partial charge is 0.266 e. The van der Waals surface area contributed by atoms with Gasteiger partial charge in [-0.2, -0.15) is 5.26 Å². The number of carbonyl (C=O) groups excluding carboxylic acids is 1. The topological polar surface area (TPSA) is 118 Å². The SMILES string of the molecule is N#Cc1ccc(S(=O)(=O)NNC(=O)c2ccc3c(c2)OCCO3)cc1Cl. The lowest BCUT2D eigenvalue weighted by atomic mass is 10.2. The summed E-state index contributed by atoms with van der Waals surface area (Å²) in [5, 5.41) is 8.82. The third-order valence-electron chi connectivity index (χ3n) is 3.47. The van der Waals surface area contributed by atoms with Gasteiger partial charge >= 0.3 is 0 Å². The second-order valence-corrected chi connectivity index (χ2v) is 7.26. The Morgan fingerprint density at radius 2 is 1.85 bits per heavy atom. The first-order valence-electron chi connectivity index (χ1n) is 7.32. The predicted octanol–water partition coefficient (Wildman–Crippen LogP) is 1.61. The van der Waals surface area contributed by atoms with E-state index in [1.54, 1.807) is 6.07 Å². The van der Waals surface area contributed by atoms with Crippen molar-refractivity contribution in [1.82, 2.24) is 10.3 Å². The maximum atomic E-state index is 12.2. The molecule has 3 rings (SSSR count). The lowest BCUT2D eigenvalue weighted by Crippen LogP contribution is -2.41. The number of hydrogen-bond donors (Lipinski definition) is 2. The number of ether oxygens (including phenoxy) is 2. The number of nitrogens with one attached hydrogen (secondary N) is 2. The number of hydrazine groups is 1. The monoisotopic (exact) mass is 393 g/mol. The van der Waals surface area contributed by atoms with E-state index in [0.29, 0.717) is 24.7 Å². The molecule has 0 atom stereocenters. The van der Waals surface area contributed by atoms with Crippen molar-refractivity contribution in [1.29, 1.82) is 5.26 Å².